The number of carbonyl (C=O) groups is 2. The van der Waals surface area contributed by atoms with Crippen LogP contribution in [0.25, 0.3) is 0 Å². The third-order valence-electron chi connectivity index (χ3n) is 4.30. The summed E-state index contributed by atoms with van der Waals surface area (Å²) in [6, 6.07) is 7.10. The van der Waals surface area contributed by atoms with Crippen LogP contribution < -0.4 is 5.32 Å². The van der Waals surface area contributed by atoms with Crippen LogP contribution in [0.2, 0.25) is 0 Å². The minimum absolute atomic E-state index is 0.0650. The molecule has 1 aromatic heterocycles. The van der Waals surface area contributed by atoms with E-state index in [1.165, 1.54) is 11.3 Å². The Morgan fingerprint density at radius 3 is 2.36 bits per heavy atom. The van der Waals surface area contributed by atoms with E-state index in [1.807, 2.05) is 11.8 Å². The van der Waals surface area contributed by atoms with Gasteiger partial charge in [-0.2, -0.15) is 0 Å². The number of aromatic nitrogens is 1. The normalized spacial score (nSPS) is 14.2. The zero-order chi connectivity index (χ0) is 18.0. The van der Waals surface area contributed by atoms with Crippen molar-refractivity contribution >= 4 is 28.8 Å². The number of rotatable bonds is 4. The number of likely N-dealkylation sites (tertiary alicyclic amines) is 1. The Labute approximate surface area is 152 Å². The largest absolute Gasteiger partial charge is 0.339 e. The molecule has 1 saturated heterocycles. The Kier molecular flexibility index (Phi) is 5.18. The Morgan fingerprint density at radius 2 is 1.80 bits per heavy atom. The number of benzene rings is 1. The molecule has 6 heteroatoms. The second-order valence-corrected chi connectivity index (χ2v) is 7.68. The standard InChI is InChI=1S/C19H23N3O2S/c1-12(2)18-20-13(3)16(25-18)17(23)21-15-8-6-14(7-9-15)19(24)22-10-4-5-11-22/h6-9,12H,4-5,10-11H2,1-3H3,(H,21,23). The van der Waals surface area contributed by atoms with Gasteiger partial charge in [0.15, 0.2) is 0 Å². The molecule has 1 aliphatic heterocycles. The molecule has 0 aliphatic carbocycles. The number of hydrogen-bond donors (Lipinski definition) is 1. The molecule has 2 amide bonds. The molecule has 0 atom stereocenters. The minimum atomic E-state index is -0.152. The van der Waals surface area contributed by atoms with Crippen molar-refractivity contribution in [3.63, 3.8) is 0 Å². The highest BCUT2D eigenvalue weighted by Crippen LogP contribution is 2.25. The van der Waals surface area contributed by atoms with Crippen LogP contribution >= 0.6 is 11.3 Å². The number of thiazole rings is 1. The first-order valence-corrected chi connectivity index (χ1v) is 9.45. The Balaban J connectivity index is 1.68. The number of anilines is 1. The van der Waals surface area contributed by atoms with E-state index in [2.05, 4.69) is 24.1 Å². The molecule has 1 aliphatic rings. The molecule has 3 rings (SSSR count). The van der Waals surface area contributed by atoms with Crippen molar-refractivity contribution in [2.75, 3.05) is 18.4 Å². The summed E-state index contributed by atoms with van der Waals surface area (Å²) in [6.45, 7) is 7.65. The molecule has 1 N–H and O–H groups in total. The molecule has 5 nitrogen and oxygen atoms in total. The highest BCUT2D eigenvalue weighted by Gasteiger charge is 2.20. The Bertz CT molecular complexity index is 774. The predicted molar refractivity (Wildman–Crippen MR) is 100 cm³/mol. The molecule has 1 aromatic carbocycles. The zero-order valence-corrected chi connectivity index (χ0v) is 15.7. The highest BCUT2D eigenvalue weighted by molar-refractivity contribution is 7.14. The second kappa shape index (κ2) is 7.35. The summed E-state index contributed by atoms with van der Waals surface area (Å²) in [4.78, 5) is 31.8. The predicted octanol–water partition coefficient (Wildman–Crippen LogP) is 4.06. The maximum Gasteiger partial charge on any atom is 0.267 e. The van der Waals surface area contributed by atoms with Crippen molar-refractivity contribution in [3.8, 4) is 0 Å². The third kappa shape index (κ3) is 3.90. The fraction of sp³-hybridized carbons (Fsp3) is 0.421. The summed E-state index contributed by atoms with van der Waals surface area (Å²) in [7, 11) is 0. The summed E-state index contributed by atoms with van der Waals surface area (Å²) in [5, 5.41) is 3.86. The van der Waals surface area contributed by atoms with E-state index >= 15 is 0 Å². The third-order valence-corrected chi connectivity index (χ3v) is 5.75. The van der Waals surface area contributed by atoms with Crippen LogP contribution in [-0.2, 0) is 0 Å². The van der Waals surface area contributed by atoms with Gasteiger partial charge in [0.1, 0.15) is 4.88 Å². The van der Waals surface area contributed by atoms with E-state index in [-0.39, 0.29) is 11.8 Å². The molecule has 0 unspecified atom stereocenters. The summed E-state index contributed by atoms with van der Waals surface area (Å²) in [6.07, 6.45) is 2.15. The molecule has 132 valence electrons. The van der Waals surface area contributed by atoms with Crippen molar-refractivity contribution in [1.82, 2.24) is 9.88 Å². The minimum Gasteiger partial charge on any atom is -0.339 e. The Hall–Kier alpha value is -2.21. The monoisotopic (exact) mass is 357 g/mol. The lowest BCUT2D eigenvalue weighted by Crippen LogP contribution is -2.27. The number of carbonyl (C=O) groups excluding carboxylic acids is 2. The van der Waals surface area contributed by atoms with Gasteiger partial charge in [-0.1, -0.05) is 13.8 Å². The fourth-order valence-corrected chi connectivity index (χ4v) is 3.83. The van der Waals surface area contributed by atoms with Gasteiger partial charge in [-0.3, -0.25) is 9.59 Å². The van der Waals surface area contributed by atoms with Gasteiger partial charge in [-0.05, 0) is 44.0 Å². The van der Waals surface area contributed by atoms with Crippen LogP contribution in [0.3, 0.4) is 0 Å². The molecule has 0 spiro atoms. The van der Waals surface area contributed by atoms with Crippen molar-refractivity contribution < 1.29 is 9.59 Å². The number of hydrogen-bond acceptors (Lipinski definition) is 4. The molecular formula is C19H23N3O2S. The maximum absolute atomic E-state index is 12.5. The van der Waals surface area contributed by atoms with E-state index in [9.17, 15) is 9.59 Å². The molecule has 2 aromatic rings. The lowest BCUT2D eigenvalue weighted by molar-refractivity contribution is 0.0792. The van der Waals surface area contributed by atoms with Crippen molar-refractivity contribution in [1.29, 1.82) is 0 Å². The van der Waals surface area contributed by atoms with Gasteiger partial charge in [0.25, 0.3) is 11.8 Å². The van der Waals surface area contributed by atoms with Gasteiger partial charge in [0.05, 0.1) is 10.7 Å². The molecule has 0 bridgehead atoms. The van der Waals surface area contributed by atoms with Crippen molar-refractivity contribution in [2.45, 2.75) is 39.5 Å². The Morgan fingerprint density at radius 1 is 1.16 bits per heavy atom. The van der Waals surface area contributed by atoms with Gasteiger partial charge < -0.3 is 10.2 Å². The fourth-order valence-electron chi connectivity index (χ4n) is 2.86. The summed E-state index contributed by atoms with van der Waals surface area (Å²) in [5.74, 6) is 0.219. The van der Waals surface area contributed by atoms with Crippen LogP contribution in [0.15, 0.2) is 24.3 Å². The zero-order valence-electron chi connectivity index (χ0n) is 14.8. The van der Waals surface area contributed by atoms with E-state index in [0.29, 0.717) is 22.0 Å². The van der Waals surface area contributed by atoms with Gasteiger partial charge >= 0.3 is 0 Å². The van der Waals surface area contributed by atoms with Gasteiger partial charge in [-0.15, -0.1) is 11.3 Å². The van der Waals surface area contributed by atoms with Gasteiger partial charge in [0.2, 0.25) is 0 Å². The number of aryl methyl sites for hydroxylation is 1. The summed E-state index contributed by atoms with van der Waals surface area (Å²) >= 11 is 1.44. The van der Waals surface area contributed by atoms with Crippen LogP contribution in [0, 0.1) is 6.92 Å². The maximum atomic E-state index is 12.5. The highest BCUT2D eigenvalue weighted by atomic mass is 32.1. The van der Waals surface area contributed by atoms with Crippen LogP contribution in [0.5, 0.6) is 0 Å². The number of nitrogens with zero attached hydrogens (tertiary/aromatic N) is 2. The molecular weight excluding hydrogens is 334 g/mol. The van der Waals surface area contributed by atoms with E-state index in [0.717, 1.165) is 36.6 Å². The van der Waals surface area contributed by atoms with Crippen LogP contribution in [0.1, 0.15) is 63.3 Å². The molecule has 1 fully saturated rings. The topological polar surface area (TPSA) is 62.3 Å². The molecule has 25 heavy (non-hydrogen) atoms. The first-order chi connectivity index (χ1) is 12.0. The first-order valence-electron chi connectivity index (χ1n) is 8.63. The quantitative estimate of drug-likeness (QED) is 0.897. The van der Waals surface area contributed by atoms with E-state index < -0.39 is 0 Å². The summed E-state index contributed by atoms with van der Waals surface area (Å²) in [5.41, 5.74) is 2.10. The first kappa shape index (κ1) is 17.6. The van der Waals surface area contributed by atoms with Crippen LogP contribution in [0.4, 0.5) is 5.69 Å². The average Bonchev–Trinajstić information content (AvgIpc) is 3.24. The number of amides is 2. The lowest BCUT2D eigenvalue weighted by atomic mass is 10.2. The van der Waals surface area contributed by atoms with Gasteiger partial charge in [0, 0.05) is 30.3 Å². The average molecular weight is 357 g/mol. The number of nitrogens with one attached hydrogen (secondary N) is 1. The molecule has 0 radical (unpaired) electrons. The SMILES string of the molecule is Cc1nc(C(C)C)sc1C(=O)Nc1ccc(C(=O)N2CCCC2)cc1. The van der Waals surface area contributed by atoms with Crippen LogP contribution in [-0.4, -0.2) is 34.8 Å². The smallest absolute Gasteiger partial charge is 0.267 e. The van der Waals surface area contributed by atoms with Gasteiger partial charge in [-0.25, -0.2) is 4.98 Å². The second-order valence-electron chi connectivity index (χ2n) is 6.65. The lowest BCUT2D eigenvalue weighted by Gasteiger charge is -2.15. The molecule has 0 saturated carbocycles. The summed E-state index contributed by atoms with van der Waals surface area (Å²) < 4.78 is 0. The van der Waals surface area contributed by atoms with E-state index in [1.54, 1.807) is 24.3 Å². The van der Waals surface area contributed by atoms with Crippen molar-refractivity contribution in [2.24, 2.45) is 0 Å². The molecule has 2 heterocycles. The van der Waals surface area contributed by atoms with E-state index in [4.69, 9.17) is 0 Å². The van der Waals surface area contributed by atoms with Crippen molar-refractivity contribution in [3.05, 3.63) is 45.4 Å².